The zero-order valence-electron chi connectivity index (χ0n) is 10.9. The van der Waals surface area contributed by atoms with Crippen LogP contribution in [0.4, 0.5) is 5.69 Å². The number of rotatable bonds is 4. The van der Waals surface area contributed by atoms with Crippen molar-refractivity contribution in [1.29, 1.82) is 0 Å². The van der Waals surface area contributed by atoms with Gasteiger partial charge in [0.05, 0.1) is 10.9 Å². The first-order valence-corrected chi connectivity index (χ1v) is 7.33. The van der Waals surface area contributed by atoms with Crippen molar-refractivity contribution in [3.63, 3.8) is 0 Å². The van der Waals surface area contributed by atoms with E-state index >= 15 is 0 Å². The highest BCUT2D eigenvalue weighted by Crippen LogP contribution is 2.21. The summed E-state index contributed by atoms with van der Waals surface area (Å²) in [5.41, 5.74) is 1.04. The maximum atomic E-state index is 11.9. The van der Waals surface area contributed by atoms with Crippen molar-refractivity contribution in [3.05, 3.63) is 24.3 Å². The molecule has 0 atom stereocenters. The molecule has 0 aliphatic carbocycles. The second kappa shape index (κ2) is 4.87. The van der Waals surface area contributed by atoms with Gasteiger partial charge < -0.3 is 10.2 Å². The Morgan fingerprint density at radius 1 is 1.11 bits per heavy atom. The van der Waals surface area contributed by atoms with Crippen LogP contribution in [0.3, 0.4) is 0 Å². The number of sulfonamides is 1. The van der Waals surface area contributed by atoms with Crippen LogP contribution in [0.5, 0.6) is 0 Å². The molecule has 1 aliphatic rings. The maximum absolute atomic E-state index is 11.9. The SMILES string of the molecule is CN(c1ccc(S(=O)(=O)N(C)C)cc1)C1CNC1. The molecule has 100 valence electrons. The van der Waals surface area contributed by atoms with Crippen molar-refractivity contribution in [2.24, 2.45) is 0 Å². The Morgan fingerprint density at radius 3 is 2.06 bits per heavy atom. The molecule has 0 bridgehead atoms. The fourth-order valence-electron chi connectivity index (χ4n) is 1.82. The standard InChI is InChI=1S/C12H19N3O2S/c1-14(2)18(16,17)12-6-4-10(5-7-12)15(3)11-8-13-9-11/h4-7,11,13H,8-9H2,1-3H3. The Hall–Kier alpha value is -1.11. The zero-order chi connectivity index (χ0) is 13.3. The van der Waals surface area contributed by atoms with E-state index in [4.69, 9.17) is 0 Å². The molecule has 0 amide bonds. The second-order valence-electron chi connectivity index (χ2n) is 4.70. The van der Waals surface area contributed by atoms with Crippen molar-refractivity contribution >= 4 is 15.7 Å². The normalized spacial score (nSPS) is 16.7. The molecular formula is C12H19N3O2S. The number of likely N-dealkylation sites (N-methyl/N-ethyl adjacent to an activating group) is 1. The molecule has 1 fully saturated rings. The fraction of sp³-hybridized carbons (Fsp3) is 0.500. The third kappa shape index (κ3) is 2.36. The predicted molar refractivity (Wildman–Crippen MR) is 72.4 cm³/mol. The molecule has 0 unspecified atom stereocenters. The Labute approximate surface area is 108 Å². The number of hydrogen-bond acceptors (Lipinski definition) is 4. The Balaban J connectivity index is 2.20. The first-order chi connectivity index (χ1) is 8.43. The Bertz CT molecular complexity index is 507. The van der Waals surface area contributed by atoms with E-state index < -0.39 is 10.0 Å². The summed E-state index contributed by atoms with van der Waals surface area (Å²) in [6.07, 6.45) is 0. The summed E-state index contributed by atoms with van der Waals surface area (Å²) in [6, 6.07) is 7.53. The summed E-state index contributed by atoms with van der Waals surface area (Å²) in [6.45, 7) is 1.96. The van der Waals surface area contributed by atoms with Gasteiger partial charge in [-0.1, -0.05) is 0 Å². The number of hydrogen-bond donors (Lipinski definition) is 1. The molecule has 2 rings (SSSR count). The number of nitrogens with one attached hydrogen (secondary N) is 1. The van der Waals surface area contributed by atoms with Crippen molar-refractivity contribution in [3.8, 4) is 0 Å². The van der Waals surface area contributed by atoms with Crippen molar-refractivity contribution in [2.45, 2.75) is 10.9 Å². The lowest BCUT2D eigenvalue weighted by Crippen LogP contribution is -2.56. The summed E-state index contributed by atoms with van der Waals surface area (Å²) in [4.78, 5) is 2.50. The highest BCUT2D eigenvalue weighted by atomic mass is 32.2. The largest absolute Gasteiger partial charge is 0.369 e. The molecule has 0 aromatic heterocycles. The third-order valence-corrected chi connectivity index (χ3v) is 5.16. The van der Waals surface area contributed by atoms with Gasteiger partial charge in [0.25, 0.3) is 0 Å². The highest BCUT2D eigenvalue weighted by molar-refractivity contribution is 7.89. The average molecular weight is 269 g/mol. The van der Waals surface area contributed by atoms with Crippen LogP contribution in [-0.4, -0.2) is 53.0 Å². The molecule has 0 spiro atoms. The molecule has 1 aliphatic heterocycles. The van der Waals surface area contributed by atoms with Crippen LogP contribution in [0.15, 0.2) is 29.2 Å². The summed E-state index contributed by atoms with van der Waals surface area (Å²) in [5.74, 6) is 0. The molecule has 1 aromatic carbocycles. The molecule has 1 heterocycles. The van der Waals surface area contributed by atoms with Crippen molar-refractivity contribution in [1.82, 2.24) is 9.62 Å². The highest BCUT2D eigenvalue weighted by Gasteiger charge is 2.22. The van der Waals surface area contributed by atoms with Gasteiger partial charge in [-0.3, -0.25) is 0 Å². The van der Waals surface area contributed by atoms with Crippen LogP contribution < -0.4 is 10.2 Å². The maximum Gasteiger partial charge on any atom is 0.242 e. The minimum atomic E-state index is -3.33. The number of benzene rings is 1. The minimum Gasteiger partial charge on any atom is -0.369 e. The van der Waals surface area contributed by atoms with E-state index in [1.165, 1.54) is 18.4 Å². The van der Waals surface area contributed by atoms with Crippen LogP contribution in [-0.2, 0) is 10.0 Å². The summed E-state index contributed by atoms with van der Waals surface area (Å²) in [5, 5.41) is 3.22. The second-order valence-corrected chi connectivity index (χ2v) is 6.86. The van der Waals surface area contributed by atoms with Gasteiger partial charge in [0.2, 0.25) is 10.0 Å². The van der Waals surface area contributed by atoms with Gasteiger partial charge >= 0.3 is 0 Å². The van der Waals surface area contributed by atoms with Gasteiger partial charge in [-0.25, -0.2) is 12.7 Å². The first kappa shape index (κ1) is 13.3. The van der Waals surface area contributed by atoms with Crippen LogP contribution >= 0.6 is 0 Å². The summed E-state index contributed by atoms with van der Waals surface area (Å²) in [7, 11) is 1.77. The van der Waals surface area contributed by atoms with Gasteiger partial charge in [-0.15, -0.1) is 0 Å². The van der Waals surface area contributed by atoms with Gasteiger partial charge in [-0.2, -0.15) is 0 Å². The van der Waals surface area contributed by atoms with E-state index in [2.05, 4.69) is 10.2 Å². The van der Waals surface area contributed by atoms with E-state index in [1.54, 1.807) is 12.1 Å². The Kier molecular flexibility index (Phi) is 3.61. The van der Waals surface area contributed by atoms with Crippen LogP contribution in [0.25, 0.3) is 0 Å². The number of anilines is 1. The first-order valence-electron chi connectivity index (χ1n) is 5.89. The fourth-order valence-corrected chi connectivity index (χ4v) is 2.72. The van der Waals surface area contributed by atoms with E-state index in [-0.39, 0.29) is 0 Å². The number of nitrogens with zero attached hydrogens (tertiary/aromatic N) is 2. The van der Waals surface area contributed by atoms with E-state index in [9.17, 15) is 8.42 Å². The van der Waals surface area contributed by atoms with E-state index in [1.807, 2.05) is 19.2 Å². The molecule has 5 nitrogen and oxygen atoms in total. The molecule has 18 heavy (non-hydrogen) atoms. The van der Waals surface area contributed by atoms with Crippen molar-refractivity contribution < 1.29 is 8.42 Å². The monoisotopic (exact) mass is 269 g/mol. The van der Waals surface area contributed by atoms with E-state index in [0.29, 0.717) is 10.9 Å². The summed E-state index contributed by atoms with van der Waals surface area (Å²) < 4.78 is 25.1. The van der Waals surface area contributed by atoms with Crippen LogP contribution in [0.1, 0.15) is 0 Å². The smallest absolute Gasteiger partial charge is 0.242 e. The molecule has 1 saturated heterocycles. The van der Waals surface area contributed by atoms with E-state index in [0.717, 1.165) is 18.8 Å². The third-order valence-electron chi connectivity index (χ3n) is 3.33. The molecule has 0 saturated carbocycles. The van der Waals surface area contributed by atoms with Gasteiger partial charge in [-0.05, 0) is 24.3 Å². The Morgan fingerprint density at radius 2 is 1.67 bits per heavy atom. The molecular weight excluding hydrogens is 250 g/mol. The average Bonchev–Trinajstić information content (AvgIpc) is 2.26. The van der Waals surface area contributed by atoms with Crippen LogP contribution in [0.2, 0.25) is 0 Å². The lowest BCUT2D eigenvalue weighted by Gasteiger charge is -2.37. The van der Waals surface area contributed by atoms with Gasteiger partial charge in [0, 0.05) is 39.9 Å². The molecule has 6 heteroatoms. The molecule has 1 aromatic rings. The van der Waals surface area contributed by atoms with Gasteiger partial charge in [0.1, 0.15) is 0 Å². The lowest BCUT2D eigenvalue weighted by atomic mass is 10.1. The predicted octanol–water partition coefficient (Wildman–Crippen LogP) is 0.345. The van der Waals surface area contributed by atoms with Crippen molar-refractivity contribution in [2.75, 3.05) is 39.1 Å². The summed E-state index contributed by atoms with van der Waals surface area (Å²) >= 11 is 0. The quantitative estimate of drug-likeness (QED) is 0.857. The molecule has 1 N–H and O–H groups in total. The lowest BCUT2D eigenvalue weighted by molar-refractivity contribution is 0.428. The molecule has 0 radical (unpaired) electrons. The van der Waals surface area contributed by atoms with Gasteiger partial charge in [0.15, 0.2) is 0 Å². The zero-order valence-corrected chi connectivity index (χ0v) is 11.7. The topological polar surface area (TPSA) is 52.7 Å². The van der Waals surface area contributed by atoms with Crippen LogP contribution in [0, 0.1) is 0 Å². The minimum absolute atomic E-state index is 0.330.